The van der Waals surface area contributed by atoms with E-state index in [4.69, 9.17) is 0 Å². The minimum Gasteiger partial charge on any atom is -0.508 e. The maximum absolute atomic E-state index is 13.8. The van der Waals surface area contributed by atoms with Gasteiger partial charge in [-0.15, -0.1) is 0 Å². The van der Waals surface area contributed by atoms with Gasteiger partial charge in [-0.05, 0) is 73.6 Å². The van der Waals surface area contributed by atoms with Gasteiger partial charge in [0.05, 0.1) is 6.10 Å². The molecule has 0 aromatic heterocycles. The molecule has 5 heteroatoms. The van der Waals surface area contributed by atoms with Gasteiger partial charge in [-0.2, -0.15) is 0 Å². The van der Waals surface area contributed by atoms with Crippen LogP contribution >= 0.6 is 0 Å². The van der Waals surface area contributed by atoms with E-state index in [1.54, 1.807) is 18.2 Å². The number of hydrogen-bond acceptors (Lipinski definition) is 3. The summed E-state index contributed by atoms with van der Waals surface area (Å²) in [6.07, 6.45) is 2.77. The lowest BCUT2D eigenvalue weighted by Crippen LogP contribution is -2.39. The number of halogens is 2. The summed E-state index contributed by atoms with van der Waals surface area (Å²) in [4.78, 5) is 2.31. The molecule has 1 aliphatic carbocycles. The van der Waals surface area contributed by atoms with E-state index in [0.717, 1.165) is 31.6 Å². The lowest BCUT2D eigenvalue weighted by Gasteiger charge is -2.41. The molecule has 0 spiro atoms. The number of benzene rings is 1. The van der Waals surface area contributed by atoms with Crippen LogP contribution in [0.2, 0.25) is 0 Å². The number of nitrogens with zero attached hydrogens (tertiary/aromatic N) is 1. The molecule has 1 aromatic rings. The predicted octanol–water partition coefficient (Wildman–Crippen LogP) is 5.92. The zero-order chi connectivity index (χ0) is 21.8. The van der Waals surface area contributed by atoms with Crippen molar-refractivity contribution in [1.82, 2.24) is 4.90 Å². The van der Waals surface area contributed by atoms with Gasteiger partial charge in [-0.25, -0.2) is 8.78 Å². The lowest BCUT2D eigenvalue weighted by atomic mass is 9.76. The number of phenolic OH excluding ortho intramolecular Hbond substituents is 1. The van der Waals surface area contributed by atoms with E-state index in [1.165, 1.54) is 6.08 Å². The minimum atomic E-state index is -1.43. The van der Waals surface area contributed by atoms with Gasteiger partial charge in [-0.3, -0.25) is 0 Å². The van der Waals surface area contributed by atoms with Crippen molar-refractivity contribution in [2.45, 2.75) is 58.2 Å². The number of phenols is 1. The van der Waals surface area contributed by atoms with Crippen LogP contribution in [0.25, 0.3) is 0 Å². The highest BCUT2D eigenvalue weighted by molar-refractivity contribution is 5.28. The molecule has 0 radical (unpaired) electrons. The fourth-order valence-electron chi connectivity index (χ4n) is 5.05. The van der Waals surface area contributed by atoms with Gasteiger partial charge in [0.2, 0.25) is 0 Å². The Bertz CT molecular complexity index is 755. The number of likely N-dealkylation sites (tertiary alicyclic amines) is 1. The molecule has 3 rings (SSSR count). The maximum Gasteiger partial charge on any atom is 0.151 e. The number of aliphatic hydroxyl groups is 1. The Hall–Kier alpha value is -1.88. The van der Waals surface area contributed by atoms with E-state index in [0.29, 0.717) is 36.7 Å². The molecule has 3 nitrogen and oxygen atoms in total. The maximum atomic E-state index is 13.8. The summed E-state index contributed by atoms with van der Waals surface area (Å²) < 4.78 is 27.1. The van der Waals surface area contributed by atoms with Crippen LogP contribution in [0.5, 0.6) is 5.75 Å². The molecule has 4 atom stereocenters. The lowest BCUT2D eigenvalue weighted by molar-refractivity contribution is 0.107. The van der Waals surface area contributed by atoms with Crippen molar-refractivity contribution in [3.05, 3.63) is 54.0 Å². The minimum absolute atomic E-state index is 0.126. The van der Waals surface area contributed by atoms with Gasteiger partial charge >= 0.3 is 0 Å². The van der Waals surface area contributed by atoms with Crippen LogP contribution < -0.4 is 0 Å². The van der Waals surface area contributed by atoms with Crippen LogP contribution in [-0.2, 0) is 0 Å². The summed E-state index contributed by atoms with van der Waals surface area (Å²) in [5, 5.41) is 20.4. The van der Waals surface area contributed by atoms with Gasteiger partial charge in [0.15, 0.2) is 6.17 Å². The van der Waals surface area contributed by atoms with Crippen LogP contribution in [0, 0.1) is 23.7 Å². The molecule has 1 saturated heterocycles. The number of hydrogen-bond donors (Lipinski definition) is 2. The molecule has 166 valence electrons. The van der Waals surface area contributed by atoms with Crippen LogP contribution in [0.3, 0.4) is 0 Å². The van der Waals surface area contributed by atoms with E-state index in [1.807, 2.05) is 6.07 Å². The number of aromatic hydroxyl groups is 1. The highest BCUT2D eigenvalue weighted by Gasteiger charge is 2.33. The Kier molecular flexibility index (Phi) is 7.56. The summed E-state index contributed by atoms with van der Waals surface area (Å²) in [6, 6.07) is 6.78. The van der Waals surface area contributed by atoms with Gasteiger partial charge in [-0.1, -0.05) is 32.6 Å². The summed E-state index contributed by atoms with van der Waals surface area (Å²) in [7, 11) is 0. The summed E-state index contributed by atoms with van der Waals surface area (Å²) in [5.41, 5.74) is 1.76. The van der Waals surface area contributed by atoms with Gasteiger partial charge in [0, 0.05) is 24.7 Å². The Morgan fingerprint density at radius 3 is 2.53 bits per heavy atom. The van der Waals surface area contributed by atoms with Crippen LogP contribution in [-0.4, -0.2) is 34.4 Å². The molecule has 0 saturated carbocycles. The quantitative estimate of drug-likeness (QED) is 0.577. The third-order valence-electron chi connectivity index (χ3n) is 7.00. The molecule has 1 aliphatic heterocycles. The van der Waals surface area contributed by atoms with Crippen molar-refractivity contribution in [2.24, 2.45) is 23.7 Å². The van der Waals surface area contributed by atoms with Crippen molar-refractivity contribution < 1.29 is 19.0 Å². The highest BCUT2D eigenvalue weighted by Crippen LogP contribution is 2.39. The van der Waals surface area contributed by atoms with E-state index in [9.17, 15) is 19.0 Å². The first kappa shape index (κ1) is 22.8. The summed E-state index contributed by atoms with van der Waals surface area (Å²) >= 11 is 0. The van der Waals surface area contributed by atoms with Crippen molar-refractivity contribution in [3.8, 4) is 5.75 Å². The number of alkyl halides is 1. The van der Waals surface area contributed by atoms with E-state index in [-0.39, 0.29) is 17.6 Å². The normalized spacial score (nSPS) is 25.1. The fourth-order valence-corrected chi connectivity index (χ4v) is 5.05. The van der Waals surface area contributed by atoms with Crippen molar-refractivity contribution in [2.75, 3.05) is 13.1 Å². The zero-order valence-corrected chi connectivity index (χ0v) is 18.1. The van der Waals surface area contributed by atoms with Crippen molar-refractivity contribution in [3.63, 3.8) is 0 Å². The molecular formula is C25H35F2NO2. The van der Waals surface area contributed by atoms with Gasteiger partial charge in [0.25, 0.3) is 0 Å². The molecule has 1 fully saturated rings. The van der Waals surface area contributed by atoms with E-state index in [2.05, 4.69) is 25.3 Å². The van der Waals surface area contributed by atoms with Crippen LogP contribution in [0.1, 0.15) is 57.6 Å². The molecule has 30 heavy (non-hydrogen) atoms. The fraction of sp³-hybridized carbons (Fsp3) is 0.600. The number of piperidine rings is 1. The molecule has 1 heterocycles. The summed E-state index contributed by atoms with van der Waals surface area (Å²) in [6.45, 7) is 10.4. The van der Waals surface area contributed by atoms with Crippen molar-refractivity contribution in [1.29, 1.82) is 0 Å². The standard InChI is InChI=1S/C25H35F2NO2/c1-16(2)22(15-25(30)20-5-4-6-21(29)13-20)17(3)28-11-9-18(10-12-28)19-7-8-23(26)24(27)14-19/h4-6,8,13,16,18-19,22,24-25,29-30H,3,7,9-12,14-15H2,1-2H3/t19?,22-,24+,25?/m1/s1. The average molecular weight is 420 g/mol. The molecule has 2 aliphatic rings. The van der Waals surface area contributed by atoms with Gasteiger partial charge in [0.1, 0.15) is 11.6 Å². The summed E-state index contributed by atoms with van der Waals surface area (Å²) in [5.74, 6) is 0.654. The first-order chi connectivity index (χ1) is 14.3. The monoisotopic (exact) mass is 419 g/mol. The van der Waals surface area contributed by atoms with Gasteiger partial charge < -0.3 is 15.1 Å². The number of rotatable bonds is 7. The first-order valence-electron chi connectivity index (χ1n) is 11.2. The first-order valence-corrected chi connectivity index (χ1v) is 11.2. The Labute approximate surface area is 179 Å². The van der Waals surface area contributed by atoms with E-state index < -0.39 is 18.1 Å². The largest absolute Gasteiger partial charge is 0.508 e. The molecule has 0 bridgehead atoms. The smallest absolute Gasteiger partial charge is 0.151 e. The van der Waals surface area contributed by atoms with Crippen molar-refractivity contribution >= 4 is 0 Å². The van der Waals surface area contributed by atoms with Crippen LogP contribution in [0.15, 0.2) is 48.4 Å². The number of allylic oxidation sites excluding steroid dienone is 3. The zero-order valence-electron chi connectivity index (χ0n) is 18.1. The van der Waals surface area contributed by atoms with E-state index >= 15 is 0 Å². The molecule has 2 unspecified atom stereocenters. The third-order valence-corrected chi connectivity index (χ3v) is 7.00. The Balaban J connectivity index is 1.57. The molecule has 1 aromatic carbocycles. The Morgan fingerprint density at radius 2 is 1.93 bits per heavy atom. The SMILES string of the molecule is C=C([C@H](CC(O)c1cccc(O)c1)C(C)C)N1CCC(C2CC=C(F)[C@@H](F)C2)CC1. The molecular weight excluding hydrogens is 384 g/mol. The second-order valence-corrected chi connectivity index (χ2v) is 9.30. The second-order valence-electron chi connectivity index (χ2n) is 9.30. The van der Waals surface area contributed by atoms with Crippen LogP contribution in [0.4, 0.5) is 8.78 Å². The predicted molar refractivity (Wildman–Crippen MR) is 116 cm³/mol. The second kappa shape index (κ2) is 9.95. The number of aliphatic hydroxyl groups excluding tert-OH is 1. The topological polar surface area (TPSA) is 43.7 Å². The third kappa shape index (κ3) is 5.42. The molecule has 0 amide bonds. The highest BCUT2D eigenvalue weighted by atomic mass is 19.2. The Morgan fingerprint density at radius 1 is 1.23 bits per heavy atom. The average Bonchev–Trinajstić information content (AvgIpc) is 2.73. The molecule has 2 N–H and O–H groups in total.